The fourth-order valence-corrected chi connectivity index (χ4v) is 2.75. The van der Waals surface area contributed by atoms with Gasteiger partial charge in [-0.25, -0.2) is 4.98 Å². The molecule has 3 heteroatoms. The van der Waals surface area contributed by atoms with Gasteiger partial charge < -0.3 is 5.73 Å². The molecule has 1 aromatic heterocycles. The number of aromatic nitrogens is 1. The SMILES string of the molecule is Cc1csc([C@H]2CC[C@@H](N)C2)n1. The van der Waals surface area contributed by atoms with Crippen molar-refractivity contribution in [2.45, 2.75) is 38.1 Å². The summed E-state index contributed by atoms with van der Waals surface area (Å²) in [6.07, 6.45) is 3.53. The van der Waals surface area contributed by atoms with Crippen LogP contribution in [-0.4, -0.2) is 11.0 Å². The molecule has 0 amide bonds. The van der Waals surface area contributed by atoms with Gasteiger partial charge in [-0.1, -0.05) is 0 Å². The molecule has 2 atom stereocenters. The van der Waals surface area contributed by atoms with Gasteiger partial charge >= 0.3 is 0 Å². The summed E-state index contributed by atoms with van der Waals surface area (Å²) in [6.45, 7) is 2.05. The van der Waals surface area contributed by atoms with Gasteiger partial charge in [0.05, 0.1) is 5.01 Å². The van der Waals surface area contributed by atoms with Crippen molar-refractivity contribution in [2.24, 2.45) is 5.73 Å². The second-order valence-corrected chi connectivity index (χ2v) is 4.49. The summed E-state index contributed by atoms with van der Waals surface area (Å²) in [5, 5.41) is 3.42. The molecular formula is C9H14N2S. The molecule has 66 valence electrons. The van der Waals surface area contributed by atoms with Gasteiger partial charge in [0.1, 0.15) is 0 Å². The molecule has 1 aliphatic rings. The number of aryl methyl sites for hydroxylation is 1. The van der Waals surface area contributed by atoms with E-state index in [2.05, 4.69) is 17.3 Å². The summed E-state index contributed by atoms with van der Waals surface area (Å²) in [4.78, 5) is 4.49. The van der Waals surface area contributed by atoms with Crippen molar-refractivity contribution < 1.29 is 0 Å². The number of thiazole rings is 1. The van der Waals surface area contributed by atoms with E-state index in [1.807, 2.05) is 0 Å². The first-order chi connectivity index (χ1) is 5.75. The summed E-state index contributed by atoms with van der Waals surface area (Å²) in [6, 6.07) is 0.416. The van der Waals surface area contributed by atoms with Crippen molar-refractivity contribution in [3.63, 3.8) is 0 Å². The summed E-state index contributed by atoms with van der Waals surface area (Å²) >= 11 is 1.78. The predicted octanol–water partition coefficient (Wildman–Crippen LogP) is 2.05. The number of nitrogens with zero attached hydrogens (tertiary/aromatic N) is 1. The molecule has 1 aliphatic carbocycles. The highest BCUT2D eigenvalue weighted by molar-refractivity contribution is 7.09. The quantitative estimate of drug-likeness (QED) is 0.722. The van der Waals surface area contributed by atoms with Crippen LogP contribution in [0.4, 0.5) is 0 Å². The Balaban J connectivity index is 2.11. The highest BCUT2D eigenvalue weighted by atomic mass is 32.1. The van der Waals surface area contributed by atoms with E-state index < -0.39 is 0 Å². The van der Waals surface area contributed by atoms with Gasteiger partial charge in [0, 0.05) is 23.0 Å². The Hall–Kier alpha value is -0.410. The molecule has 12 heavy (non-hydrogen) atoms. The molecule has 0 bridgehead atoms. The third-order valence-corrected chi connectivity index (χ3v) is 3.58. The molecule has 0 aromatic carbocycles. The molecule has 0 unspecified atom stereocenters. The van der Waals surface area contributed by atoms with E-state index in [1.54, 1.807) is 11.3 Å². The van der Waals surface area contributed by atoms with Crippen LogP contribution in [0.25, 0.3) is 0 Å². The normalized spacial score (nSPS) is 29.5. The lowest BCUT2D eigenvalue weighted by molar-refractivity contribution is 0.671. The molecule has 0 radical (unpaired) electrons. The summed E-state index contributed by atoms with van der Waals surface area (Å²) < 4.78 is 0. The van der Waals surface area contributed by atoms with E-state index in [4.69, 9.17) is 5.73 Å². The second kappa shape index (κ2) is 3.15. The molecule has 0 saturated heterocycles. The lowest BCUT2D eigenvalue weighted by atomic mass is 10.1. The molecule has 2 N–H and O–H groups in total. The number of hydrogen-bond acceptors (Lipinski definition) is 3. The molecule has 1 fully saturated rings. The van der Waals surface area contributed by atoms with E-state index in [0.29, 0.717) is 12.0 Å². The number of nitrogens with two attached hydrogens (primary N) is 1. The molecule has 2 nitrogen and oxygen atoms in total. The minimum atomic E-state index is 0.416. The van der Waals surface area contributed by atoms with Gasteiger partial charge in [-0.15, -0.1) is 11.3 Å². The van der Waals surface area contributed by atoms with E-state index in [1.165, 1.54) is 17.8 Å². The molecule has 1 aromatic rings. The molecule has 1 heterocycles. The van der Waals surface area contributed by atoms with Crippen LogP contribution in [0.2, 0.25) is 0 Å². The highest BCUT2D eigenvalue weighted by Gasteiger charge is 2.24. The first-order valence-electron chi connectivity index (χ1n) is 4.43. The van der Waals surface area contributed by atoms with Gasteiger partial charge in [0.15, 0.2) is 0 Å². The Bertz CT molecular complexity index is 269. The predicted molar refractivity (Wildman–Crippen MR) is 51.4 cm³/mol. The van der Waals surface area contributed by atoms with Crippen LogP contribution in [0.5, 0.6) is 0 Å². The largest absolute Gasteiger partial charge is 0.328 e. The number of rotatable bonds is 1. The molecule has 1 saturated carbocycles. The Morgan fingerprint density at radius 3 is 2.92 bits per heavy atom. The lowest BCUT2D eigenvalue weighted by Crippen LogP contribution is -2.14. The topological polar surface area (TPSA) is 38.9 Å². The van der Waals surface area contributed by atoms with Gasteiger partial charge in [-0.3, -0.25) is 0 Å². The van der Waals surface area contributed by atoms with Crippen LogP contribution in [0.1, 0.15) is 35.9 Å². The van der Waals surface area contributed by atoms with Gasteiger partial charge in [0.25, 0.3) is 0 Å². The Morgan fingerprint density at radius 1 is 1.58 bits per heavy atom. The monoisotopic (exact) mass is 182 g/mol. The third-order valence-electron chi connectivity index (χ3n) is 2.46. The maximum Gasteiger partial charge on any atom is 0.0959 e. The van der Waals surface area contributed by atoms with E-state index in [0.717, 1.165) is 12.1 Å². The van der Waals surface area contributed by atoms with E-state index in [9.17, 15) is 0 Å². The van der Waals surface area contributed by atoms with Gasteiger partial charge in [-0.2, -0.15) is 0 Å². The first-order valence-corrected chi connectivity index (χ1v) is 5.31. The van der Waals surface area contributed by atoms with Crippen LogP contribution < -0.4 is 5.73 Å². The third kappa shape index (κ3) is 1.52. The minimum Gasteiger partial charge on any atom is -0.328 e. The summed E-state index contributed by atoms with van der Waals surface area (Å²) in [5.74, 6) is 0.652. The second-order valence-electron chi connectivity index (χ2n) is 3.60. The maximum atomic E-state index is 5.85. The summed E-state index contributed by atoms with van der Waals surface area (Å²) in [5.41, 5.74) is 6.99. The van der Waals surface area contributed by atoms with Crippen LogP contribution in [-0.2, 0) is 0 Å². The molecular weight excluding hydrogens is 168 g/mol. The summed E-state index contributed by atoms with van der Waals surface area (Å²) in [7, 11) is 0. The van der Waals surface area contributed by atoms with Crippen molar-refractivity contribution >= 4 is 11.3 Å². The Kier molecular flexibility index (Phi) is 2.15. The van der Waals surface area contributed by atoms with E-state index in [-0.39, 0.29) is 0 Å². The maximum absolute atomic E-state index is 5.85. The fourth-order valence-electron chi connectivity index (χ4n) is 1.80. The van der Waals surface area contributed by atoms with Crippen molar-refractivity contribution in [3.05, 3.63) is 16.1 Å². The zero-order valence-electron chi connectivity index (χ0n) is 7.29. The zero-order chi connectivity index (χ0) is 8.55. The van der Waals surface area contributed by atoms with Crippen molar-refractivity contribution in [1.29, 1.82) is 0 Å². The van der Waals surface area contributed by atoms with Crippen molar-refractivity contribution in [1.82, 2.24) is 4.98 Å². The van der Waals surface area contributed by atoms with Crippen molar-refractivity contribution in [2.75, 3.05) is 0 Å². The highest BCUT2D eigenvalue weighted by Crippen LogP contribution is 2.34. The number of hydrogen-bond donors (Lipinski definition) is 1. The average molecular weight is 182 g/mol. The van der Waals surface area contributed by atoms with Crippen LogP contribution >= 0.6 is 11.3 Å². The lowest BCUT2D eigenvalue weighted by Gasteiger charge is -2.03. The first kappa shape index (κ1) is 8.20. The van der Waals surface area contributed by atoms with Crippen LogP contribution in [0.3, 0.4) is 0 Å². The Labute approximate surface area is 76.8 Å². The fraction of sp³-hybridized carbons (Fsp3) is 0.667. The van der Waals surface area contributed by atoms with Gasteiger partial charge in [0.2, 0.25) is 0 Å². The standard InChI is InChI=1S/C9H14N2S/c1-6-5-12-9(11-6)7-2-3-8(10)4-7/h5,7-8H,2-4,10H2,1H3/t7-,8+/m0/s1. The molecule has 0 aliphatic heterocycles. The minimum absolute atomic E-state index is 0.416. The Morgan fingerprint density at radius 2 is 2.42 bits per heavy atom. The van der Waals surface area contributed by atoms with Crippen molar-refractivity contribution in [3.8, 4) is 0 Å². The molecule has 2 rings (SSSR count). The molecule has 0 spiro atoms. The van der Waals surface area contributed by atoms with Crippen LogP contribution in [0.15, 0.2) is 5.38 Å². The van der Waals surface area contributed by atoms with E-state index >= 15 is 0 Å². The van der Waals surface area contributed by atoms with Gasteiger partial charge in [-0.05, 0) is 26.2 Å². The van der Waals surface area contributed by atoms with Crippen LogP contribution in [0, 0.1) is 6.92 Å². The smallest absolute Gasteiger partial charge is 0.0959 e. The zero-order valence-corrected chi connectivity index (χ0v) is 8.10. The average Bonchev–Trinajstić information content (AvgIpc) is 2.58.